The molecule has 2 amide bonds. The van der Waals surface area contributed by atoms with E-state index in [1.807, 2.05) is 0 Å². The predicted octanol–water partition coefficient (Wildman–Crippen LogP) is -0.774. The van der Waals surface area contributed by atoms with Crippen LogP contribution in [-0.4, -0.2) is 50.6 Å². The normalized spacial score (nSPS) is 11.9. The van der Waals surface area contributed by atoms with E-state index in [4.69, 9.17) is 4.74 Å². The molecule has 0 aliphatic rings. The molecule has 0 aliphatic heterocycles. The monoisotopic (exact) mass is 188 g/mol. The van der Waals surface area contributed by atoms with Crippen LogP contribution in [-0.2, 0) is 14.3 Å². The predicted molar refractivity (Wildman–Crippen MR) is 48.2 cm³/mol. The lowest BCUT2D eigenvalue weighted by atomic mass is 10.3. The summed E-state index contributed by atoms with van der Waals surface area (Å²) in [6, 6.07) is 0. The van der Waals surface area contributed by atoms with E-state index in [1.165, 1.54) is 4.90 Å². The molecule has 0 saturated heterocycles. The molecule has 76 valence electrons. The Bertz CT molecular complexity index is 171. The topological polar surface area (TPSA) is 58.6 Å². The zero-order chi connectivity index (χ0) is 10.3. The lowest BCUT2D eigenvalue weighted by Crippen LogP contribution is -2.42. The molecule has 0 aromatic carbocycles. The summed E-state index contributed by atoms with van der Waals surface area (Å²) in [6.45, 7) is 2.47. The maximum absolute atomic E-state index is 11.4. The fraction of sp³-hybridized carbons (Fsp3) is 0.750. The van der Waals surface area contributed by atoms with Gasteiger partial charge in [-0.25, -0.2) is 0 Å². The third kappa shape index (κ3) is 4.47. The maximum Gasteiger partial charge on any atom is 0.253 e. The summed E-state index contributed by atoms with van der Waals surface area (Å²) in [5.74, 6) is -0.142. The van der Waals surface area contributed by atoms with Gasteiger partial charge in [0, 0.05) is 20.7 Å². The molecule has 0 saturated carbocycles. The molecular weight excluding hydrogens is 172 g/mol. The van der Waals surface area contributed by atoms with Crippen molar-refractivity contribution in [3.63, 3.8) is 0 Å². The smallest absolute Gasteiger partial charge is 0.253 e. The van der Waals surface area contributed by atoms with Crippen LogP contribution in [0.3, 0.4) is 0 Å². The van der Waals surface area contributed by atoms with Gasteiger partial charge in [-0.1, -0.05) is 0 Å². The van der Waals surface area contributed by atoms with E-state index < -0.39 is 6.10 Å². The fourth-order valence-corrected chi connectivity index (χ4v) is 0.862. The number of amides is 2. The van der Waals surface area contributed by atoms with Gasteiger partial charge in [-0.15, -0.1) is 0 Å². The third-order valence-electron chi connectivity index (χ3n) is 1.47. The van der Waals surface area contributed by atoms with E-state index in [0.717, 1.165) is 0 Å². The molecule has 0 rings (SSSR count). The second-order valence-corrected chi connectivity index (χ2v) is 2.70. The molecule has 0 bridgehead atoms. The Morgan fingerprint density at radius 2 is 2.23 bits per heavy atom. The number of ether oxygens (including phenoxy) is 1. The van der Waals surface area contributed by atoms with Crippen LogP contribution in [0.2, 0.25) is 0 Å². The van der Waals surface area contributed by atoms with Gasteiger partial charge in [0.15, 0.2) is 6.10 Å². The van der Waals surface area contributed by atoms with Gasteiger partial charge in [-0.3, -0.25) is 9.59 Å². The van der Waals surface area contributed by atoms with Crippen LogP contribution in [0, 0.1) is 0 Å². The molecule has 5 nitrogen and oxygen atoms in total. The van der Waals surface area contributed by atoms with Gasteiger partial charge in [0.05, 0.1) is 6.54 Å². The number of nitrogens with one attached hydrogen (secondary N) is 1. The molecule has 0 fully saturated rings. The molecule has 0 heterocycles. The van der Waals surface area contributed by atoms with E-state index in [1.54, 1.807) is 21.0 Å². The Balaban J connectivity index is 4.06. The van der Waals surface area contributed by atoms with Crippen LogP contribution in [0.1, 0.15) is 6.92 Å². The van der Waals surface area contributed by atoms with E-state index in [0.29, 0.717) is 13.0 Å². The molecule has 0 spiro atoms. The third-order valence-corrected chi connectivity index (χ3v) is 1.47. The molecule has 13 heavy (non-hydrogen) atoms. The molecule has 0 aliphatic carbocycles. The molecule has 5 heteroatoms. The number of carbonyl (C=O) groups excluding carboxylic acids is 2. The van der Waals surface area contributed by atoms with Crippen LogP contribution in [0.25, 0.3) is 0 Å². The number of likely N-dealkylation sites (N-methyl/N-ethyl adjacent to an activating group) is 1. The first-order valence-electron chi connectivity index (χ1n) is 4.13. The highest BCUT2D eigenvalue weighted by molar-refractivity contribution is 5.80. The number of hydrogen-bond donors (Lipinski definition) is 1. The Labute approximate surface area is 78.0 Å². The van der Waals surface area contributed by atoms with E-state index in [2.05, 4.69) is 5.32 Å². The minimum Gasteiger partial charge on any atom is -0.367 e. The van der Waals surface area contributed by atoms with Crippen molar-refractivity contribution >= 4 is 12.3 Å². The summed E-state index contributed by atoms with van der Waals surface area (Å²) in [4.78, 5) is 22.8. The molecule has 1 atom stereocenters. The SMILES string of the molecule is CCOC(CNC=O)C(=O)N(C)C. The summed E-state index contributed by atoms with van der Waals surface area (Å²) >= 11 is 0. The van der Waals surface area contributed by atoms with E-state index >= 15 is 0 Å². The average Bonchev–Trinajstić information content (AvgIpc) is 2.11. The maximum atomic E-state index is 11.4. The van der Waals surface area contributed by atoms with Crippen LogP contribution >= 0.6 is 0 Å². The van der Waals surface area contributed by atoms with Gasteiger partial charge in [-0.2, -0.15) is 0 Å². The fourth-order valence-electron chi connectivity index (χ4n) is 0.862. The highest BCUT2D eigenvalue weighted by atomic mass is 16.5. The van der Waals surface area contributed by atoms with Crippen LogP contribution in [0.4, 0.5) is 0 Å². The van der Waals surface area contributed by atoms with Crippen molar-refractivity contribution < 1.29 is 14.3 Å². The Morgan fingerprint density at radius 1 is 1.62 bits per heavy atom. The quantitative estimate of drug-likeness (QED) is 0.557. The van der Waals surface area contributed by atoms with Crippen molar-refractivity contribution in [3.8, 4) is 0 Å². The number of nitrogens with zero attached hydrogens (tertiary/aromatic N) is 1. The highest BCUT2D eigenvalue weighted by Crippen LogP contribution is 1.94. The van der Waals surface area contributed by atoms with E-state index in [9.17, 15) is 9.59 Å². The summed E-state index contributed by atoms with van der Waals surface area (Å²) < 4.78 is 5.15. The standard InChI is InChI=1S/C8H16N2O3/c1-4-13-7(5-9-6-11)8(12)10(2)3/h6-7H,4-5H2,1-3H3,(H,9,11). The molecular formula is C8H16N2O3. The summed E-state index contributed by atoms with van der Waals surface area (Å²) in [6.07, 6.45) is -0.0280. The van der Waals surface area contributed by atoms with Crippen LogP contribution < -0.4 is 5.32 Å². The van der Waals surface area contributed by atoms with Gasteiger partial charge in [0.2, 0.25) is 6.41 Å². The number of hydrogen-bond acceptors (Lipinski definition) is 3. The molecule has 0 radical (unpaired) electrons. The Kier molecular flexibility index (Phi) is 5.88. The van der Waals surface area contributed by atoms with Crippen molar-refractivity contribution in [1.29, 1.82) is 0 Å². The minimum atomic E-state index is -0.579. The Hall–Kier alpha value is -1.10. The van der Waals surface area contributed by atoms with Gasteiger partial charge in [0.1, 0.15) is 0 Å². The van der Waals surface area contributed by atoms with Gasteiger partial charge in [-0.05, 0) is 6.92 Å². The van der Waals surface area contributed by atoms with Crippen molar-refractivity contribution in [3.05, 3.63) is 0 Å². The van der Waals surface area contributed by atoms with Crippen molar-refractivity contribution in [1.82, 2.24) is 10.2 Å². The van der Waals surface area contributed by atoms with E-state index in [-0.39, 0.29) is 12.5 Å². The summed E-state index contributed by atoms with van der Waals surface area (Å²) in [5, 5.41) is 2.42. The first-order valence-corrected chi connectivity index (χ1v) is 4.13. The molecule has 0 aromatic rings. The van der Waals surface area contributed by atoms with Gasteiger partial charge < -0.3 is 15.0 Å². The molecule has 1 unspecified atom stereocenters. The second-order valence-electron chi connectivity index (χ2n) is 2.70. The molecule has 1 N–H and O–H groups in total. The first-order chi connectivity index (χ1) is 6.13. The number of rotatable bonds is 6. The lowest BCUT2D eigenvalue weighted by molar-refractivity contribution is -0.140. The zero-order valence-electron chi connectivity index (χ0n) is 8.24. The second kappa shape index (κ2) is 6.42. The minimum absolute atomic E-state index is 0.142. The van der Waals surface area contributed by atoms with Crippen LogP contribution in [0.15, 0.2) is 0 Å². The molecule has 0 aromatic heterocycles. The van der Waals surface area contributed by atoms with Crippen molar-refractivity contribution in [2.24, 2.45) is 0 Å². The van der Waals surface area contributed by atoms with Gasteiger partial charge >= 0.3 is 0 Å². The van der Waals surface area contributed by atoms with Crippen molar-refractivity contribution in [2.75, 3.05) is 27.2 Å². The average molecular weight is 188 g/mol. The summed E-state index contributed by atoms with van der Waals surface area (Å²) in [7, 11) is 3.30. The van der Waals surface area contributed by atoms with Crippen LogP contribution in [0.5, 0.6) is 0 Å². The van der Waals surface area contributed by atoms with Crippen molar-refractivity contribution in [2.45, 2.75) is 13.0 Å². The largest absolute Gasteiger partial charge is 0.367 e. The highest BCUT2D eigenvalue weighted by Gasteiger charge is 2.19. The summed E-state index contributed by atoms with van der Waals surface area (Å²) in [5.41, 5.74) is 0. The number of carbonyl (C=O) groups is 2. The lowest BCUT2D eigenvalue weighted by Gasteiger charge is -2.19. The zero-order valence-corrected chi connectivity index (χ0v) is 8.24. The van der Waals surface area contributed by atoms with Gasteiger partial charge in [0.25, 0.3) is 5.91 Å². The Morgan fingerprint density at radius 3 is 2.62 bits per heavy atom. The first kappa shape index (κ1) is 11.9.